The summed E-state index contributed by atoms with van der Waals surface area (Å²) in [6, 6.07) is 15.9. The number of amides is 1. The molecule has 1 N–H and O–H groups in total. The van der Waals surface area contributed by atoms with Gasteiger partial charge in [-0.25, -0.2) is 4.79 Å². The Hall–Kier alpha value is -2.62. The number of carbonyl (C=O) groups excluding carboxylic acids is 1. The Labute approximate surface area is 129 Å². The van der Waals surface area contributed by atoms with E-state index in [9.17, 15) is 14.7 Å². The van der Waals surface area contributed by atoms with Gasteiger partial charge in [-0.05, 0) is 24.6 Å². The number of carboxylic acid groups (broad SMARTS) is 1. The number of rotatable bonds is 3. The topological polar surface area (TPSA) is 57.6 Å². The van der Waals surface area contributed by atoms with E-state index in [0.29, 0.717) is 5.69 Å². The Balaban J connectivity index is 2.01. The highest BCUT2D eigenvalue weighted by atomic mass is 16.4. The summed E-state index contributed by atoms with van der Waals surface area (Å²) in [7, 11) is 0. The highest BCUT2D eigenvalue weighted by Crippen LogP contribution is 2.37. The predicted molar refractivity (Wildman–Crippen MR) is 83.9 cm³/mol. The van der Waals surface area contributed by atoms with Crippen molar-refractivity contribution >= 4 is 17.6 Å². The van der Waals surface area contributed by atoms with Gasteiger partial charge in [0.2, 0.25) is 5.91 Å². The Morgan fingerprint density at radius 3 is 2.32 bits per heavy atom. The molecule has 4 heteroatoms. The summed E-state index contributed by atoms with van der Waals surface area (Å²) in [5.74, 6) is -1.45. The standard InChI is InChI=1S/C18H17NO3/c1-12-7-9-14(10-8-12)19-16(20)11-15(17(19)18(21)22)13-5-3-2-4-6-13/h2-10,15,17H,11H2,1H3,(H,21,22)/t15-,17+/m1/s1. The average molecular weight is 295 g/mol. The fraction of sp³-hybridized carbons (Fsp3) is 0.222. The van der Waals surface area contributed by atoms with Crippen LogP contribution in [0.4, 0.5) is 5.69 Å². The number of benzene rings is 2. The zero-order valence-electron chi connectivity index (χ0n) is 12.3. The van der Waals surface area contributed by atoms with E-state index in [2.05, 4.69) is 0 Å². The van der Waals surface area contributed by atoms with Crippen molar-refractivity contribution in [2.24, 2.45) is 0 Å². The van der Waals surface area contributed by atoms with Gasteiger partial charge in [-0.15, -0.1) is 0 Å². The van der Waals surface area contributed by atoms with Crippen molar-refractivity contribution in [2.75, 3.05) is 4.90 Å². The molecule has 0 spiro atoms. The summed E-state index contributed by atoms with van der Waals surface area (Å²) in [5, 5.41) is 9.66. The van der Waals surface area contributed by atoms with Gasteiger partial charge >= 0.3 is 5.97 Å². The summed E-state index contributed by atoms with van der Waals surface area (Å²) in [6.07, 6.45) is 0.217. The van der Waals surface area contributed by atoms with Gasteiger partial charge in [0.25, 0.3) is 0 Å². The lowest BCUT2D eigenvalue weighted by Crippen LogP contribution is -2.40. The van der Waals surface area contributed by atoms with Gasteiger partial charge in [0, 0.05) is 18.0 Å². The molecule has 3 rings (SSSR count). The molecule has 0 saturated carbocycles. The first-order valence-corrected chi connectivity index (χ1v) is 7.24. The molecule has 0 aliphatic carbocycles. The van der Waals surface area contributed by atoms with Crippen LogP contribution in [0, 0.1) is 6.92 Å². The number of aryl methyl sites for hydroxylation is 1. The number of anilines is 1. The van der Waals surface area contributed by atoms with E-state index in [1.165, 1.54) is 4.90 Å². The second-order valence-electron chi connectivity index (χ2n) is 5.60. The van der Waals surface area contributed by atoms with Crippen molar-refractivity contribution < 1.29 is 14.7 Å². The van der Waals surface area contributed by atoms with Gasteiger partial charge in [-0.1, -0.05) is 48.0 Å². The fourth-order valence-electron chi connectivity index (χ4n) is 3.03. The molecule has 0 aromatic heterocycles. The molecule has 0 unspecified atom stereocenters. The Morgan fingerprint density at radius 2 is 1.73 bits per heavy atom. The summed E-state index contributed by atoms with van der Waals surface area (Å²) in [4.78, 5) is 25.6. The largest absolute Gasteiger partial charge is 0.480 e. The van der Waals surface area contributed by atoms with Gasteiger partial charge in [-0.2, -0.15) is 0 Å². The normalized spacial score (nSPS) is 21.1. The van der Waals surface area contributed by atoms with Gasteiger partial charge < -0.3 is 5.11 Å². The minimum absolute atomic E-state index is 0.148. The SMILES string of the molecule is Cc1ccc(N2C(=O)C[C@H](c3ccccc3)[C@H]2C(=O)O)cc1. The van der Waals surface area contributed by atoms with Crippen LogP contribution < -0.4 is 4.90 Å². The van der Waals surface area contributed by atoms with E-state index >= 15 is 0 Å². The van der Waals surface area contributed by atoms with Crippen molar-refractivity contribution in [1.29, 1.82) is 0 Å². The van der Waals surface area contributed by atoms with Crippen LogP contribution in [0.3, 0.4) is 0 Å². The first-order chi connectivity index (χ1) is 10.6. The minimum atomic E-state index is -0.972. The molecular weight excluding hydrogens is 278 g/mol. The third kappa shape index (κ3) is 2.48. The number of carboxylic acids is 1. The molecule has 1 heterocycles. The molecule has 4 nitrogen and oxygen atoms in total. The summed E-state index contributed by atoms with van der Waals surface area (Å²) < 4.78 is 0. The van der Waals surface area contributed by atoms with Gasteiger partial charge in [0.1, 0.15) is 6.04 Å². The molecule has 0 radical (unpaired) electrons. The quantitative estimate of drug-likeness (QED) is 0.947. The van der Waals surface area contributed by atoms with Gasteiger partial charge in [0.05, 0.1) is 0 Å². The predicted octanol–water partition coefficient (Wildman–Crippen LogP) is 2.97. The first-order valence-electron chi connectivity index (χ1n) is 7.24. The molecule has 2 aromatic carbocycles. The fourth-order valence-corrected chi connectivity index (χ4v) is 3.03. The zero-order chi connectivity index (χ0) is 15.7. The number of hydrogen-bond donors (Lipinski definition) is 1. The number of hydrogen-bond acceptors (Lipinski definition) is 2. The van der Waals surface area contributed by atoms with Crippen LogP contribution in [-0.2, 0) is 9.59 Å². The zero-order valence-corrected chi connectivity index (χ0v) is 12.3. The summed E-state index contributed by atoms with van der Waals surface area (Å²) in [6.45, 7) is 1.96. The van der Waals surface area contributed by atoms with Crippen LogP contribution in [0.15, 0.2) is 54.6 Å². The average Bonchev–Trinajstić information content (AvgIpc) is 2.87. The highest BCUT2D eigenvalue weighted by molar-refractivity contribution is 6.03. The highest BCUT2D eigenvalue weighted by Gasteiger charge is 2.45. The Bertz CT molecular complexity index is 694. The lowest BCUT2D eigenvalue weighted by molar-refractivity contribution is -0.139. The number of carbonyl (C=O) groups is 2. The maximum Gasteiger partial charge on any atom is 0.327 e. The molecular formula is C18H17NO3. The van der Waals surface area contributed by atoms with Crippen LogP contribution in [0.25, 0.3) is 0 Å². The maximum absolute atomic E-state index is 12.4. The summed E-state index contributed by atoms with van der Waals surface area (Å²) >= 11 is 0. The van der Waals surface area contributed by atoms with E-state index < -0.39 is 12.0 Å². The van der Waals surface area contributed by atoms with Crippen LogP contribution in [0.2, 0.25) is 0 Å². The van der Waals surface area contributed by atoms with Crippen LogP contribution >= 0.6 is 0 Å². The lowest BCUT2D eigenvalue weighted by Gasteiger charge is -2.25. The molecule has 1 amide bonds. The molecule has 112 valence electrons. The van der Waals surface area contributed by atoms with Crippen molar-refractivity contribution in [3.8, 4) is 0 Å². The third-order valence-corrected chi connectivity index (χ3v) is 4.12. The maximum atomic E-state index is 12.4. The van der Waals surface area contributed by atoms with Crippen molar-refractivity contribution in [1.82, 2.24) is 0 Å². The molecule has 1 saturated heterocycles. The molecule has 2 atom stereocenters. The Kier molecular flexibility index (Phi) is 3.67. The third-order valence-electron chi connectivity index (χ3n) is 4.12. The van der Waals surface area contributed by atoms with E-state index in [4.69, 9.17) is 0 Å². The van der Waals surface area contributed by atoms with Crippen molar-refractivity contribution in [2.45, 2.75) is 25.3 Å². The van der Waals surface area contributed by atoms with Crippen molar-refractivity contribution in [3.63, 3.8) is 0 Å². The second kappa shape index (κ2) is 5.64. The number of aliphatic carboxylic acids is 1. The van der Waals surface area contributed by atoms with Crippen LogP contribution in [0.5, 0.6) is 0 Å². The molecule has 0 bridgehead atoms. The van der Waals surface area contributed by atoms with E-state index in [1.54, 1.807) is 12.1 Å². The molecule has 1 aliphatic heterocycles. The lowest BCUT2D eigenvalue weighted by atomic mass is 9.91. The molecule has 1 aliphatic rings. The smallest absolute Gasteiger partial charge is 0.327 e. The first kappa shape index (κ1) is 14.3. The number of nitrogens with zero attached hydrogens (tertiary/aromatic N) is 1. The molecule has 2 aromatic rings. The van der Waals surface area contributed by atoms with E-state index in [0.717, 1.165) is 11.1 Å². The minimum Gasteiger partial charge on any atom is -0.480 e. The van der Waals surface area contributed by atoms with Crippen LogP contribution in [0.1, 0.15) is 23.5 Å². The van der Waals surface area contributed by atoms with E-state index in [1.807, 2.05) is 49.4 Å². The van der Waals surface area contributed by atoms with Gasteiger partial charge in [-0.3, -0.25) is 9.69 Å². The monoisotopic (exact) mass is 295 g/mol. The van der Waals surface area contributed by atoms with E-state index in [-0.39, 0.29) is 18.2 Å². The van der Waals surface area contributed by atoms with Gasteiger partial charge in [0.15, 0.2) is 0 Å². The van der Waals surface area contributed by atoms with Crippen molar-refractivity contribution in [3.05, 3.63) is 65.7 Å². The van der Waals surface area contributed by atoms with Crippen LogP contribution in [-0.4, -0.2) is 23.0 Å². The second-order valence-corrected chi connectivity index (χ2v) is 5.60. The Morgan fingerprint density at radius 1 is 1.09 bits per heavy atom. The molecule has 22 heavy (non-hydrogen) atoms. The summed E-state index contributed by atoms with van der Waals surface area (Å²) in [5.41, 5.74) is 2.60. The molecule has 1 fully saturated rings.